The maximum absolute atomic E-state index is 11.9. The van der Waals surface area contributed by atoms with Crippen LogP contribution < -0.4 is 10.6 Å². The van der Waals surface area contributed by atoms with Gasteiger partial charge in [-0.1, -0.05) is 32.4 Å². The third kappa shape index (κ3) is 6.44. The zero-order chi connectivity index (χ0) is 14.8. The number of benzene rings is 1. The van der Waals surface area contributed by atoms with Crippen LogP contribution in [0.2, 0.25) is 0 Å². The number of nitrogens with one attached hydrogen (secondary N) is 2. The van der Waals surface area contributed by atoms with Gasteiger partial charge in [0.25, 0.3) is 0 Å². The average Bonchev–Trinajstić information content (AvgIpc) is 2.46. The molecule has 0 aliphatic heterocycles. The van der Waals surface area contributed by atoms with Gasteiger partial charge in [0.2, 0.25) is 5.91 Å². The first-order chi connectivity index (χ1) is 9.67. The van der Waals surface area contributed by atoms with Crippen molar-refractivity contribution in [1.82, 2.24) is 10.6 Å². The fourth-order valence-corrected chi connectivity index (χ4v) is 2.64. The SMILES string of the molecule is CCCCNC(=O)C(C)Sc1ccc(CNCC)cc1. The summed E-state index contributed by atoms with van der Waals surface area (Å²) in [5.74, 6) is 0.125. The highest BCUT2D eigenvalue weighted by Gasteiger charge is 2.13. The number of amides is 1. The van der Waals surface area contributed by atoms with E-state index in [0.29, 0.717) is 0 Å². The van der Waals surface area contributed by atoms with E-state index in [-0.39, 0.29) is 11.2 Å². The van der Waals surface area contributed by atoms with Crippen LogP contribution in [0.25, 0.3) is 0 Å². The topological polar surface area (TPSA) is 41.1 Å². The Morgan fingerprint density at radius 2 is 1.95 bits per heavy atom. The Bertz CT molecular complexity index is 392. The summed E-state index contributed by atoms with van der Waals surface area (Å²) in [6, 6.07) is 8.42. The van der Waals surface area contributed by atoms with E-state index in [1.165, 1.54) is 5.56 Å². The van der Waals surface area contributed by atoms with Gasteiger partial charge in [-0.25, -0.2) is 0 Å². The van der Waals surface area contributed by atoms with Crippen molar-refractivity contribution in [2.24, 2.45) is 0 Å². The van der Waals surface area contributed by atoms with E-state index in [1.54, 1.807) is 11.8 Å². The number of hydrogen-bond donors (Lipinski definition) is 2. The molecule has 1 rings (SSSR count). The van der Waals surface area contributed by atoms with E-state index >= 15 is 0 Å². The molecule has 0 fully saturated rings. The highest BCUT2D eigenvalue weighted by Crippen LogP contribution is 2.23. The van der Waals surface area contributed by atoms with E-state index in [4.69, 9.17) is 0 Å². The summed E-state index contributed by atoms with van der Waals surface area (Å²) in [5.41, 5.74) is 1.27. The third-order valence-corrected chi connectivity index (χ3v) is 4.13. The molecule has 0 spiro atoms. The monoisotopic (exact) mass is 294 g/mol. The molecule has 4 heteroatoms. The predicted octanol–water partition coefficient (Wildman–Crippen LogP) is 3.19. The molecule has 0 heterocycles. The van der Waals surface area contributed by atoms with Crippen LogP contribution in [0.1, 0.15) is 39.2 Å². The van der Waals surface area contributed by atoms with Gasteiger partial charge >= 0.3 is 0 Å². The lowest BCUT2D eigenvalue weighted by Crippen LogP contribution is -2.31. The van der Waals surface area contributed by atoms with Crippen LogP contribution in [0, 0.1) is 0 Å². The van der Waals surface area contributed by atoms with E-state index in [9.17, 15) is 4.79 Å². The van der Waals surface area contributed by atoms with Crippen LogP contribution in [0.4, 0.5) is 0 Å². The summed E-state index contributed by atoms with van der Waals surface area (Å²) in [4.78, 5) is 13.0. The molecule has 2 N–H and O–H groups in total. The van der Waals surface area contributed by atoms with Crippen molar-refractivity contribution in [3.63, 3.8) is 0 Å². The number of carbonyl (C=O) groups is 1. The van der Waals surface area contributed by atoms with Crippen molar-refractivity contribution in [2.75, 3.05) is 13.1 Å². The molecule has 0 radical (unpaired) electrons. The van der Waals surface area contributed by atoms with Gasteiger partial charge in [0.05, 0.1) is 5.25 Å². The quantitative estimate of drug-likeness (QED) is 0.543. The van der Waals surface area contributed by atoms with Gasteiger partial charge in [-0.05, 0) is 37.6 Å². The van der Waals surface area contributed by atoms with Crippen molar-refractivity contribution >= 4 is 17.7 Å². The standard InChI is InChI=1S/C16H26N2OS/c1-4-6-11-18-16(19)13(3)20-15-9-7-14(8-10-15)12-17-5-2/h7-10,13,17H,4-6,11-12H2,1-3H3,(H,18,19). The van der Waals surface area contributed by atoms with E-state index in [1.807, 2.05) is 6.92 Å². The molecule has 1 aromatic carbocycles. The fraction of sp³-hybridized carbons (Fsp3) is 0.562. The Kier molecular flexibility index (Phi) is 8.38. The van der Waals surface area contributed by atoms with E-state index in [2.05, 4.69) is 48.7 Å². The number of unbranched alkanes of at least 4 members (excludes halogenated alkanes) is 1. The molecule has 0 aromatic heterocycles. The molecule has 3 nitrogen and oxygen atoms in total. The summed E-state index contributed by atoms with van der Waals surface area (Å²) in [6.45, 7) is 8.84. The molecule has 0 saturated carbocycles. The lowest BCUT2D eigenvalue weighted by Gasteiger charge is -2.12. The van der Waals surface area contributed by atoms with Crippen LogP contribution >= 0.6 is 11.8 Å². The summed E-state index contributed by atoms with van der Waals surface area (Å²) < 4.78 is 0. The summed E-state index contributed by atoms with van der Waals surface area (Å²) in [6.07, 6.45) is 2.15. The van der Waals surface area contributed by atoms with Crippen molar-refractivity contribution in [2.45, 2.75) is 50.3 Å². The molecule has 1 amide bonds. The number of rotatable bonds is 9. The van der Waals surface area contributed by atoms with Gasteiger partial charge in [0.15, 0.2) is 0 Å². The number of thioether (sulfide) groups is 1. The van der Waals surface area contributed by atoms with Gasteiger partial charge in [0.1, 0.15) is 0 Å². The molecular weight excluding hydrogens is 268 g/mol. The second kappa shape index (κ2) is 9.83. The van der Waals surface area contributed by atoms with Crippen molar-refractivity contribution in [3.05, 3.63) is 29.8 Å². The molecule has 112 valence electrons. The first-order valence-corrected chi connectivity index (χ1v) is 8.29. The Morgan fingerprint density at radius 1 is 1.25 bits per heavy atom. The predicted molar refractivity (Wildman–Crippen MR) is 87.1 cm³/mol. The smallest absolute Gasteiger partial charge is 0.233 e. The molecule has 0 saturated heterocycles. The Labute approximate surface area is 126 Å². The molecule has 1 aromatic rings. The number of carbonyl (C=O) groups excluding carboxylic acids is 1. The highest BCUT2D eigenvalue weighted by molar-refractivity contribution is 8.00. The van der Waals surface area contributed by atoms with Crippen LogP contribution in [0.15, 0.2) is 29.2 Å². The number of hydrogen-bond acceptors (Lipinski definition) is 3. The van der Waals surface area contributed by atoms with E-state index in [0.717, 1.165) is 37.4 Å². The van der Waals surface area contributed by atoms with Gasteiger partial charge in [-0.2, -0.15) is 0 Å². The minimum absolute atomic E-state index is 0.0496. The molecule has 20 heavy (non-hydrogen) atoms. The average molecular weight is 294 g/mol. The molecule has 0 aliphatic rings. The third-order valence-electron chi connectivity index (χ3n) is 3.01. The van der Waals surface area contributed by atoms with Crippen LogP contribution in [-0.4, -0.2) is 24.2 Å². The lowest BCUT2D eigenvalue weighted by atomic mass is 10.2. The maximum atomic E-state index is 11.9. The normalized spacial score (nSPS) is 12.2. The summed E-state index contributed by atoms with van der Waals surface area (Å²) in [5, 5.41) is 6.22. The van der Waals surface area contributed by atoms with Crippen LogP contribution in [0.5, 0.6) is 0 Å². The Balaban J connectivity index is 2.40. The second-order valence-electron chi connectivity index (χ2n) is 4.83. The first-order valence-electron chi connectivity index (χ1n) is 7.41. The van der Waals surface area contributed by atoms with E-state index < -0.39 is 0 Å². The second-order valence-corrected chi connectivity index (χ2v) is 6.24. The maximum Gasteiger partial charge on any atom is 0.233 e. The summed E-state index contributed by atoms with van der Waals surface area (Å²) in [7, 11) is 0. The van der Waals surface area contributed by atoms with Crippen LogP contribution in [0.3, 0.4) is 0 Å². The zero-order valence-corrected chi connectivity index (χ0v) is 13.6. The summed E-state index contributed by atoms with van der Waals surface area (Å²) >= 11 is 1.61. The van der Waals surface area contributed by atoms with Crippen molar-refractivity contribution in [3.8, 4) is 0 Å². The van der Waals surface area contributed by atoms with Gasteiger partial charge in [-0.3, -0.25) is 4.79 Å². The zero-order valence-electron chi connectivity index (χ0n) is 12.7. The minimum Gasteiger partial charge on any atom is -0.355 e. The first kappa shape index (κ1) is 17.1. The molecular formula is C16H26N2OS. The van der Waals surface area contributed by atoms with Gasteiger partial charge in [-0.15, -0.1) is 11.8 Å². The molecule has 1 unspecified atom stereocenters. The molecule has 1 atom stereocenters. The van der Waals surface area contributed by atoms with Gasteiger partial charge < -0.3 is 10.6 Å². The van der Waals surface area contributed by atoms with Crippen LogP contribution in [-0.2, 0) is 11.3 Å². The largest absolute Gasteiger partial charge is 0.355 e. The molecule has 0 bridgehead atoms. The molecule has 0 aliphatic carbocycles. The Morgan fingerprint density at radius 3 is 2.55 bits per heavy atom. The lowest BCUT2D eigenvalue weighted by molar-refractivity contribution is -0.120. The fourth-order valence-electron chi connectivity index (χ4n) is 1.74. The minimum atomic E-state index is -0.0496. The van der Waals surface area contributed by atoms with Gasteiger partial charge in [0, 0.05) is 18.0 Å². The Hall–Kier alpha value is -1.00. The van der Waals surface area contributed by atoms with Crippen molar-refractivity contribution in [1.29, 1.82) is 0 Å². The highest BCUT2D eigenvalue weighted by atomic mass is 32.2. The van der Waals surface area contributed by atoms with Crippen molar-refractivity contribution < 1.29 is 4.79 Å².